The molecule has 2 N–H and O–H groups in total. The first-order chi connectivity index (χ1) is 9.63. The molecule has 0 aliphatic carbocycles. The molecule has 0 aromatic carbocycles. The molecule has 1 amide bonds. The van der Waals surface area contributed by atoms with Crippen molar-refractivity contribution >= 4 is 29.3 Å². The third-order valence-electron chi connectivity index (χ3n) is 3.45. The third-order valence-corrected chi connectivity index (χ3v) is 4.65. The van der Waals surface area contributed by atoms with Crippen LogP contribution in [0.5, 0.6) is 0 Å². The van der Waals surface area contributed by atoms with Crippen LogP contribution in [-0.2, 0) is 4.79 Å². The number of carboxylic acids is 1. The van der Waals surface area contributed by atoms with E-state index in [-0.39, 0.29) is 11.4 Å². The van der Waals surface area contributed by atoms with Crippen molar-refractivity contribution in [1.29, 1.82) is 0 Å². The minimum Gasteiger partial charge on any atom is -0.478 e. The van der Waals surface area contributed by atoms with Crippen LogP contribution in [0.25, 0.3) is 6.08 Å². The standard InChI is InChI=1S/C15H22N2O3S/c1-10-8-12(21-11(10)6-7-13(18)19)14(20)16-9-15(2,3)17(4)5/h6-8H,9H2,1-5H3,(H,16,20)(H,18,19)/b7-6+. The fraction of sp³-hybridized carbons (Fsp3) is 0.467. The lowest BCUT2D eigenvalue weighted by atomic mass is 10.0. The zero-order chi connectivity index (χ0) is 16.2. The monoisotopic (exact) mass is 310 g/mol. The van der Waals surface area contributed by atoms with Gasteiger partial charge in [0.05, 0.1) is 4.88 Å². The molecule has 0 atom stereocenters. The largest absolute Gasteiger partial charge is 0.478 e. The molecule has 21 heavy (non-hydrogen) atoms. The summed E-state index contributed by atoms with van der Waals surface area (Å²) in [7, 11) is 3.94. The Bertz CT molecular complexity index is 559. The van der Waals surface area contributed by atoms with E-state index < -0.39 is 5.97 Å². The Morgan fingerprint density at radius 1 is 1.43 bits per heavy atom. The number of carbonyl (C=O) groups is 2. The molecule has 6 heteroatoms. The van der Waals surface area contributed by atoms with Gasteiger partial charge in [-0.25, -0.2) is 4.79 Å². The van der Waals surface area contributed by atoms with Crippen molar-refractivity contribution in [2.45, 2.75) is 26.3 Å². The molecule has 0 aliphatic rings. The van der Waals surface area contributed by atoms with Gasteiger partial charge in [-0.05, 0) is 52.6 Å². The SMILES string of the molecule is Cc1cc(C(=O)NCC(C)(C)N(C)C)sc1/C=C/C(=O)O. The van der Waals surface area contributed by atoms with E-state index in [9.17, 15) is 9.59 Å². The van der Waals surface area contributed by atoms with Gasteiger partial charge in [-0.1, -0.05) is 0 Å². The van der Waals surface area contributed by atoms with Crippen LogP contribution in [0.2, 0.25) is 0 Å². The number of nitrogens with one attached hydrogen (secondary N) is 1. The highest BCUT2D eigenvalue weighted by molar-refractivity contribution is 7.15. The van der Waals surface area contributed by atoms with Crippen molar-refractivity contribution in [3.05, 3.63) is 27.5 Å². The van der Waals surface area contributed by atoms with Crippen LogP contribution in [0, 0.1) is 6.92 Å². The number of hydrogen-bond acceptors (Lipinski definition) is 4. The van der Waals surface area contributed by atoms with Gasteiger partial charge >= 0.3 is 5.97 Å². The number of carbonyl (C=O) groups excluding carboxylic acids is 1. The first kappa shape index (κ1) is 17.4. The van der Waals surface area contributed by atoms with Gasteiger partial charge in [-0.15, -0.1) is 11.3 Å². The zero-order valence-electron chi connectivity index (χ0n) is 13.1. The van der Waals surface area contributed by atoms with Crippen LogP contribution in [0.1, 0.15) is 34.0 Å². The Balaban J connectivity index is 2.76. The van der Waals surface area contributed by atoms with Crippen LogP contribution in [0.15, 0.2) is 12.1 Å². The topological polar surface area (TPSA) is 69.6 Å². The molecule has 1 aromatic heterocycles. The maximum atomic E-state index is 12.2. The lowest BCUT2D eigenvalue weighted by molar-refractivity contribution is -0.131. The fourth-order valence-corrected chi connectivity index (χ4v) is 2.46. The molecule has 0 saturated carbocycles. The molecular formula is C15H22N2O3S. The van der Waals surface area contributed by atoms with Crippen LogP contribution in [0.4, 0.5) is 0 Å². The molecular weight excluding hydrogens is 288 g/mol. The number of rotatable bonds is 6. The first-order valence-corrected chi connectivity index (χ1v) is 7.42. The number of hydrogen-bond donors (Lipinski definition) is 2. The van der Waals surface area contributed by atoms with Gasteiger partial charge in [0.1, 0.15) is 0 Å². The van der Waals surface area contributed by atoms with Crippen LogP contribution in [-0.4, -0.2) is 48.1 Å². The summed E-state index contributed by atoms with van der Waals surface area (Å²) in [6, 6.07) is 1.78. The van der Waals surface area contributed by atoms with E-state index >= 15 is 0 Å². The number of nitrogens with zero attached hydrogens (tertiary/aromatic N) is 1. The highest BCUT2D eigenvalue weighted by Crippen LogP contribution is 2.23. The molecule has 0 unspecified atom stereocenters. The normalized spacial score (nSPS) is 12.1. The maximum absolute atomic E-state index is 12.2. The molecule has 0 fully saturated rings. The van der Waals surface area contributed by atoms with E-state index in [4.69, 9.17) is 5.11 Å². The molecule has 0 saturated heterocycles. The minimum absolute atomic E-state index is 0.131. The summed E-state index contributed by atoms with van der Waals surface area (Å²) in [5.74, 6) is -1.13. The predicted octanol–water partition coefficient (Wildman–Crippen LogP) is 2.22. The number of likely N-dealkylation sites (N-methyl/N-ethyl adjacent to an activating group) is 1. The van der Waals surface area contributed by atoms with E-state index in [0.717, 1.165) is 16.5 Å². The van der Waals surface area contributed by atoms with Gasteiger partial charge in [-0.2, -0.15) is 0 Å². The van der Waals surface area contributed by atoms with Gasteiger partial charge in [0, 0.05) is 23.0 Å². The number of amides is 1. The summed E-state index contributed by atoms with van der Waals surface area (Å²) in [5, 5.41) is 11.6. The van der Waals surface area contributed by atoms with E-state index in [1.807, 2.05) is 39.8 Å². The minimum atomic E-state index is -0.999. The molecule has 0 bridgehead atoms. The molecule has 0 aliphatic heterocycles. The molecule has 0 spiro atoms. The van der Waals surface area contributed by atoms with Crippen molar-refractivity contribution in [3.63, 3.8) is 0 Å². The summed E-state index contributed by atoms with van der Waals surface area (Å²) in [6.07, 6.45) is 2.60. The second-order valence-electron chi connectivity index (χ2n) is 5.72. The summed E-state index contributed by atoms with van der Waals surface area (Å²) in [4.78, 5) is 26.1. The van der Waals surface area contributed by atoms with Crippen LogP contribution < -0.4 is 5.32 Å². The maximum Gasteiger partial charge on any atom is 0.328 e. The molecule has 1 heterocycles. The summed E-state index contributed by atoms with van der Waals surface area (Å²) < 4.78 is 0. The third kappa shape index (κ3) is 4.99. The average molecular weight is 310 g/mol. The van der Waals surface area contributed by atoms with Gasteiger partial charge < -0.3 is 15.3 Å². The van der Waals surface area contributed by atoms with Crippen molar-refractivity contribution in [3.8, 4) is 0 Å². The first-order valence-electron chi connectivity index (χ1n) is 6.60. The van der Waals surface area contributed by atoms with Crippen molar-refractivity contribution in [1.82, 2.24) is 10.2 Å². The molecule has 116 valence electrons. The van der Waals surface area contributed by atoms with Gasteiger partial charge in [0.25, 0.3) is 5.91 Å². The molecule has 1 aromatic rings. The highest BCUT2D eigenvalue weighted by Gasteiger charge is 2.22. The van der Waals surface area contributed by atoms with Crippen LogP contribution in [0.3, 0.4) is 0 Å². The van der Waals surface area contributed by atoms with Crippen LogP contribution >= 0.6 is 11.3 Å². The van der Waals surface area contributed by atoms with Crippen molar-refractivity contribution in [2.75, 3.05) is 20.6 Å². The van der Waals surface area contributed by atoms with E-state index in [0.29, 0.717) is 11.4 Å². The zero-order valence-corrected chi connectivity index (χ0v) is 13.9. The molecule has 5 nitrogen and oxygen atoms in total. The summed E-state index contributed by atoms with van der Waals surface area (Å²) in [6.45, 7) is 6.50. The highest BCUT2D eigenvalue weighted by atomic mass is 32.1. The quantitative estimate of drug-likeness (QED) is 0.791. The Hall–Kier alpha value is -1.66. The lowest BCUT2D eigenvalue weighted by Gasteiger charge is -2.32. The summed E-state index contributed by atoms with van der Waals surface area (Å²) >= 11 is 1.29. The molecule has 0 radical (unpaired) electrons. The van der Waals surface area contributed by atoms with Gasteiger partial charge in [0.15, 0.2) is 0 Å². The van der Waals surface area contributed by atoms with E-state index in [1.54, 1.807) is 6.07 Å². The number of thiophene rings is 1. The average Bonchev–Trinajstić information content (AvgIpc) is 2.75. The van der Waals surface area contributed by atoms with Gasteiger partial charge in [-0.3, -0.25) is 4.79 Å². The Morgan fingerprint density at radius 2 is 2.05 bits per heavy atom. The second-order valence-corrected chi connectivity index (χ2v) is 6.80. The Kier molecular flexibility index (Phi) is 5.69. The van der Waals surface area contributed by atoms with E-state index in [2.05, 4.69) is 5.32 Å². The fourth-order valence-electron chi connectivity index (χ4n) is 1.46. The second kappa shape index (κ2) is 6.87. The van der Waals surface area contributed by atoms with Crippen molar-refractivity contribution < 1.29 is 14.7 Å². The number of aryl methyl sites for hydroxylation is 1. The lowest BCUT2D eigenvalue weighted by Crippen LogP contribution is -2.48. The number of aliphatic carboxylic acids is 1. The Labute approximate surface area is 129 Å². The van der Waals surface area contributed by atoms with Gasteiger partial charge in [0.2, 0.25) is 0 Å². The smallest absolute Gasteiger partial charge is 0.328 e. The Morgan fingerprint density at radius 3 is 2.57 bits per heavy atom. The number of carboxylic acid groups (broad SMARTS) is 1. The van der Waals surface area contributed by atoms with Crippen molar-refractivity contribution in [2.24, 2.45) is 0 Å². The molecule has 1 rings (SSSR count). The van der Waals surface area contributed by atoms with E-state index in [1.165, 1.54) is 17.4 Å². The predicted molar refractivity (Wildman–Crippen MR) is 85.8 cm³/mol. The summed E-state index contributed by atoms with van der Waals surface area (Å²) in [5.41, 5.74) is 0.767.